The SMILES string of the molecule is Cc1cccc(-c2nc(C)nn2CC(O)CN2CCC(C)CC2)c1. The Morgan fingerprint density at radius 3 is 2.67 bits per heavy atom. The summed E-state index contributed by atoms with van der Waals surface area (Å²) in [5.41, 5.74) is 2.25. The Morgan fingerprint density at radius 2 is 1.96 bits per heavy atom. The quantitative estimate of drug-likeness (QED) is 0.917. The number of hydrogen-bond acceptors (Lipinski definition) is 4. The van der Waals surface area contributed by atoms with Gasteiger partial charge in [0.15, 0.2) is 5.82 Å². The molecule has 0 radical (unpaired) electrons. The lowest BCUT2D eigenvalue weighted by molar-refractivity contribution is 0.0780. The maximum Gasteiger partial charge on any atom is 0.158 e. The Hall–Kier alpha value is -1.72. The normalized spacial score (nSPS) is 18.0. The first kappa shape index (κ1) is 17.1. The summed E-state index contributed by atoms with van der Waals surface area (Å²) in [6, 6.07) is 8.26. The van der Waals surface area contributed by atoms with E-state index >= 15 is 0 Å². The summed E-state index contributed by atoms with van der Waals surface area (Å²) in [7, 11) is 0. The van der Waals surface area contributed by atoms with Gasteiger partial charge < -0.3 is 10.0 Å². The van der Waals surface area contributed by atoms with Crippen molar-refractivity contribution in [3.63, 3.8) is 0 Å². The lowest BCUT2D eigenvalue weighted by Gasteiger charge is -2.31. The molecule has 130 valence electrons. The molecule has 0 bridgehead atoms. The van der Waals surface area contributed by atoms with Crippen LogP contribution in [0.5, 0.6) is 0 Å². The number of rotatable bonds is 5. The molecule has 1 unspecified atom stereocenters. The summed E-state index contributed by atoms with van der Waals surface area (Å²) < 4.78 is 1.85. The molecule has 5 nitrogen and oxygen atoms in total. The molecule has 1 aromatic carbocycles. The van der Waals surface area contributed by atoms with Crippen molar-refractivity contribution in [3.8, 4) is 11.4 Å². The van der Waals surface area contributed by atoms with Gasteiger partial charge in [-0.15, -0.1) is 0 Å². The largest absolute Gasteiger partial charge is 0.390 e. The van der Waals surface area contributed by atoms with Crippen LogP contribution < -0.4 is 0 Å². The number of β-amino-alcohol motifs (C(OH)–C–C–N with tert-alkyl or cyclic N) is 1. The van der Waals surface area contributed by atoms with Crippen LogP contribution in [0.2, 0.25) is 0 Å². The Balaban J connectivity index is 1.69. The van der Waals surface area contributed by atoms with Crippen molar-refractivity contribution >= 4 is 0 Å². The van der Waals surface area contributed by atoms with Gasteiger partial charge in [-0.3, -0.25) is 0 Å². The summed E-state index contributed by atoms with van der Waals surface area (Å²) in [6.07, 6.45) is 2.02. The summed E-state index contributed by atoms with van der Waals surface area (Å²) >= 11 is 0. The van der Waals surface area contributed by atoms with Crippen LogP contribution in [0.1, 0.15) is 31.2 Å². The fourth-order valence-corrected chi connectivity index (χ4v) is 3.38. The molecule has 1 aromatic heterocycles. The second kappa shape index (κ2) is 7.45. The second-order valence-electron chi connectivity index (χ2n) is 7.17. The lowest BCUT2D eigenvalue weighted by atomic mass is 9.99. The van der Waals surface area contributed by atoms with E-state index in [4.69, 9.17) is 0 Å². The maximum absolute atomic E-state index is 10.5. The van der Waals surface area contributed by atoms with Crippen molar-refractivity contribution in [2.45, 2.75) is 46.3 Å². The molecule has 1 aliphatic rings. The van der Waals surface area contributed by atoms with Crippen LogP contribution in [-0.4, -0.2) is 50.5 Å². The van der Waals surface area contributed by atoms with E-state index in [0.29, 0.717) is 13.1 Å². The average molecular weight is 328 g/mol. The fraction of sp³-hybridized carbons (Fsp3) is 0.579. The standard InChI is InChI=1S/C19H28N4O/c1-14-7-9-22(10-8-14)12-18(24)13-23-19(20-16(3)21-23)17-6-4-5-15(2)11-17/h4-6,11,14,18,24H,7-10,12-13H2,1-3H3. The highest BCUT2D eigenvalue weighted by molar-refractivity contribution is 5.56. The van der Waals surface area contributed by atoms with E-state index in [2.05, 4.69) is 41.0 Å². The molecule has 3 rings (SSSR count). The van der Waals surface area contributed by atoms with Crippen LogP contribution in [0.25, 0.3) is 11.4 Å². The van der Waals surface area contributed by atoms with E-state index in [1.165, 1.54) is 18.4 Å². The van der Waals surface area contributed by atoms with Gasteiger partial charge >= 0.3 is 0 Å². The van der Waals surface area contributed by atoms with Crippen molar-refractivity contribution in [1.29, 1.82) is 0 Å². The monoisotopic (exact) mass is 328 g/mol. The summed E-state index contributed by atoms with van der Waals surface area (Å²) in [5, 5.41) is 15.0. The second-order valence-corrected chi connectivity index (χ2v) is 7.17. The zero-order valence-electron chi connectivity index (χ0n) is 14.9. The highest BCUT2D eigenvalue weighted by Crippen LogP contribution is 2.20. The molecule has 1 atom stereocenters. The molecule has 1 N–H and O–H groups in total. The smallest absolute Gasteiger partial charge is 0.158 e. The maximum atomic E-state index is 10.5. The third-order valence-electron chi connectivity index (χ3n) is 4.78. The molecular formula is C19H28N4O. The first-order valence-electron chi connectivity index (χ1n) is 8.90. The Kier molecular flexibility index (Phi) is 5.31. The number of aromatic nitrogens is 3. The van der Waals surface area contributed by atoms with Gasteiger partial charge in [-0.2, -0.15) is 5.10 Å². The molecular weight excluding hydrogens is 300 g/mol. The zero-order chi connectivity index (χ0) is 17.1. The molecule has 1 aliphatic heterocycles. The molecule has 1 fully saturated rings. The number of aliphatic hydroxyl groups excluding tert-OH is 1. The number of nitrogens with zero attached hydrogens (tertiary/aromatic N) is 4. The Labute approximate surface area is 144 Å². The molecule has 0 aliphatic carbocycles. The van der Waals surface area contributed by atoms with Crippen LogP contribution >= 0.6 is 0 Å². The number of benzene rings is 1. The van der Waals surface area contributed by atoms with Crippen molar-refractivity contribution in [2.75, 3.05) is 19.6 Å². The number of aryl methyl sites for hydroxylation is 2. The van der Waals surface area contributed by atoms with Gasteiger partial charge in [0.2, 0.25) is 0 Å². The minimum atomic E-state index is -0.428. The Bertz CT molecular complexity index is 674. The lowest BCUT2D eigenvalue weighted by Crippen LogP contribution is -2.39. The predicted octanol–water partition coefficient (Wildman–Crippen LogP) is 2.65. The van der Waals surface area contributed by atoms with Crippen LogP contribution in [0, 0.1) is 19.8 Å². The number of aliphatic hydroxyl groups is 1. The first-order valence-corrected chi connectivity index (χ1v) is 8.90. The topological polar surface area (TPSA) is 54.2 Å². The van der Waals surface area contributed by atoms with E-state index in [0.717, 1.165) is 36.2 Å². The molecule has 2 heterocycles. The molecule has 0 spiro atoms. The minimum Gasteiger partial charge on any atom is -0.390 e. The molecule has 1 saturated heterocycles. The molecule has 5 heteroatoms. The van der Waals surface area contributed by atoms with Crippen LogP contribution in [0.3, 0.4) is 0 Å². The number of hydrogen-bond donors (Lipinski definition) is 1. The van der Waals surface area contributed by atoms with Gasteiger partial charge in [0.05, 0.1) is 12.6 Å². The fourth-order valence-electron chi connectivity index (χ4n) is 3.38. The summed E-state index contributed by atoms with van der Waals surface area (Å²) in [4.78, 5) is 6.92. The summed E-state index contributed by atoms with van der Waals surface area (Å²) in [5.74, 6) is 2.39. The first-order chi connectivity index (χ1) is 11.5. The van der Waals surface area contributed by atoms with Gasteiger partial charge in [0.1, 0.15) is 5.82 Å². The van der Waals surface area contributed by atoms with E-state index < -0.39 is 6.10 Å². The highest BCUT2D eigenvalue weighted by atomic mass is 16.3. The van der Waals surface area contributed by atoms with E-state index in [9.17, 15) is 5.11 Å². The van der Waals surface area contributed by atoms with Crippen molar-refractivity contribution in [2.24, 2.45) is 5.92 Å². The van der Waals surface area contributed by atoms with Crippen LogP contribution in [0.15, 0.2) is 24.3 Å². The number of likely N-dealkylation sites (tertiary alicyclic amines) is 1. The third-order valence-corrected chi connectivity index (χ3v) is 4.78. The van der Waals surface area contributed by atoms with Gasteiger partial charge in [0, 0.05) is 12.1 Å². The molecule has 2 aromatic rings. The highest BCUT2D eigenvalue weighted by Gasteiger charge is 2.20. The van der Waals surface area contributed by atoms with Gasteiger partial charge in [-0.1, -0.05) is 30.7 Å². The van der Waals surface area contributed by atoms with E-state index in [1.54, 1.807) is 0 Å². The summed E-state index contributed by atoms with van der Waals surface area (Å²) in [6.45, 7) is 9.63. The van der Waals surface area contributed by atoms with Crippen molar-refractivity contribution < 1.29 is 5.11 Å². The van der Waals surface area contributed by atoms with Gasteiger partial charge in [-0.05, 0) is 51.8 Å². The zero-order valence-corrected chi connectivity index (χ0v) is 14.9. The predicted molar refractivity (Wildman–Crippen MR) is 95.8 cm³/mol. The molecule has 24 heavy (non-hydrogen) atoms. The van der Waals surface area contributed by atoms with Crippen LogP contribution in [-0.2, 0) is 6.54 Å². The molecule has 0 amide bonds. The van der Waals surface area contributed by atoms with E-state index in [1.807, 2.05) is 23.7 Å². The molecule has 0 saturated carbocycles. The number of piperidine rings is 1. The van der Waals surface area contributed by atoms with Gasteiger partial charge in [0.25, 0.3) is 0 Å². The van der Waals surface area contributed by atoms with E-state index in [-0.39, 0.29) is 0 Å². The third kappa shape index (κ3) is 4.22. The average Bonchev–Trinajstić information content (AvgIpc) is 2.90. The van der Waals surface area contributed by atoms with Gasteiger partial charge in [-0.25, -0.2) is 9.67 Å². The Morgan fingerprint density at radius 1 is 1.21 bits per heavy atom. The van der Waals surface area contributed by atoms with Crippen molar-refractivity contribution in [1.82, 2.24) is 19.7 Å². The van der Waals surface area contributed by atoms with Crippen molar-refractivity contribution in [3.05, 3.63) is 35.7 Å². The van der Waals surface area contributed by atoms with Crippen LogP contribution in [0.4, 0.5) is 0 Å². The minimum absolute atomic E-state index is 0.428.